The van der Waals surface area contributed by atoms with E-state index in [2.05, 4.69) is 11.9 Å². The van der Waals surface area contributed by atoms with Crippen LogP contribution in [0.2, 0.25) is 0 Å². The summed E-state index contributed by atoms with van der Waals surface area (Å²) < 4.78 is 6.04. The zero-order valence-corrected chi connectivity index (χ0v) is 10.3. The summed E-state index contributed by atoms with van der Waals surface area (Å²) in [4.78, 5) is 13.8. The summed E-state index contributed by atoms with van der Waals surface area (Å²) in [5.41, 5.74) is 0.469. The van der Waals surface area contributed by atoms with E-state index < -0.39 is 5.72 Å². The summed E-state index contributed by atoms with van der Waals surface area (Å²) in [7, 11) is 0. The molecule has 1 aromatic carbocycles. The molecule has 0 radical (unpaired) electrons. The average molecular weight is 244 g/mol. The minimum Gasteiger partial charge on any atom is -0.468 e. The first-order valence-corrected chi connectivity index (χ1v) is 6.11. The lowest BCUT2D eigenvalue weighted by atomic mass is 9.90. The van der Waals surface area contributed by atoms with Crippen LogP contribution in [0.3, 0.4) is 0 Å². The molecule has 94 valence electrons. The highest BCUT2D eigenvalue weighted by molar-refractivity contribution is 5.77. The molecule has 2 atom stereocenters. The van der Waals surface area contributed by atoms with Crippen LogP contribution >= 0.6 is 0 Å². The van der Waals surface area contributed by atoms with Gasteiger partial charge in [0.25, 0.3) is 0 Å². The molecule has 2 amide bonds. The van der Waals surface area contributed by atoms with Gasteiger partial charge in [-0.2, -0.15) is 0 Å². The van der Waals surface area contributed by atoms with E-state index in [1.165, 1.54) is 0 Å². The highest BCUT2D eigenvalue weighted by Gasteiger charge is 2.48. The molecule has 1 fully saturated rings. The second kappa shape index (κ2) is 3.77. The summed E-state index contributed by atoms with van der Waals surface area (Å²) in [6.07, 6.45) is 2.47. The van der Waals surface area contributed by atoms with Gasteiger partial charge in [0.1, 0.15) is 5.75 Å². The van der Waals surface area contributed by atoms with Crippen molar-refractivity contribution in [1.82, 2.24) is 10.2 Å². The first kappa shape index (κ1) is 11.1. The van der Waals surface area contributed by atoms with Crippen LogP contribution in [-0.2, 0) is 0 Å². The number of fused-ring (bicyclic) bond motifs is 4. The fourth-order valence-electron chi connectivity index (χ4n) is 2.77. The molecule has 2 heterocycles. The maximum absolute atomic E-state index is 12.1. The Labute approximate surface area is 106 Å². The van der Waals surface area contributed by atoms with Gasteiger partial charge >= 0.3 is 6.03 Å². The normalized spacial score (nSPS) is 29.1. The number of para-hydroxylation sites is 1. The third-order valence-corrected chi connectivity index (χ3v) is 3.63. The molecule has 0 spiro atoms. The molecule has 4 heteroatoms. The Kier molecular flexibility index (Phi) is 2.33. The Hall–Kier alpha value is -1.97. The topological polar surface area (TPSA) is 41.6 Å². The van der Waals surface area contributed by atoms with E-state index in [0.29, 0.717) is 6.54 Å². The van der Waals surface area contributed by atoms with Crippen molar-refractivity contribution in [3.63, 3.8) is 0 Å². The summed E-state index contributed by atoms with van der Waals surface area (Å²) in [6.45, 7) is 6.13. The molecule has 3 rings (SSSR count). The van der Waals surface area contributed by atoms with Gasteiger partial charge in [-0.15, -0.1) is 6.58 Å². The van der Waals surface area contributed by atoms with Gasteiger partial charge < -0.3 is 10.1 Å². The van der Waals surface area contributed by atoms with E-state index in [9.17, 15) is 4.79 Å². The van der Waals surface area contributed by atoms with Crippen molar-refractivity contribution in [3.05, 3.63) is 42.5 Å². The molecule has 2 aliphatic rings. The lowest BCUT2D eigenvalue weighted by Crippen LogP contribution is -2.64. The summed E-state index contributed by atoms with van der Waals surface area (Å²) in [5, 5.41) is 3.02. The zero-order valence-electron chi connectivity index (χ0n) is 10.3. The van der Waals surface area contributed by atoms with Crippen LogP contribution in [0.1, 0.15) is 24.9 Å². The van der Waals surface area contributed by atoms with Gasteiger partial charge in [0, 0.05) is 18.5 Å². The second-order valence-corrected chi connectivity index (χ2v) is 4.92. The van der Waals surface area contributed by atoms with E-state index >= 15 is 0 Å². The molecule has 4 nitrogen and oxygen atoms in total. The van der Waals surface area contributed by atoms with Crippen molar-refractivity contribution in [3.8, 4) is 5.75 Å². The van der Waals surface area contributed by atoms with Crippen molar-refractivity contribution < 1.29 is 9.53 Å². The number of urea groups is 1. The van der Waals surface area contributed by atoms with Gasteiger partial charge in [-0.05, 0) is 13.0 Å². The highest BCUT2D eigenvalue weighted by Crippen LogP contribution is 2.43. The van der Waals surface area contributed by atoms with Crippen LogP contribution in [0, 0.1) is 0 Å². The molecule has 0 aliphatic carbocycles. The average Bonchev–Trinajstić information content (AvgIpc) is 2.34. The minimum atomic E-state index is -0.588. The number of benzene rings is 1. The van der Waals surface area contributed by atoms with Crippen LogP contribution in [0.15, 0.2) is 36.9 Å². The van der Waals surface area contributed by atoms with E-state index in [-0.39, 0.29) is 12.1 Å². The van der Waals surface area contributed by atoms with Crippen molar-refractivity contribution in [1.29, 1.82) is 0 Å². The van der Waals surface area contributed by atoms with Gasteiger partial charge in [0.15, 0.2) is 5.72 Å². The quantitative estimate of drug-likeness (QED) is 0.812. The molecular weight excluding hydrogens is 228 g/mol. The number of nitrogens with one attached hydrogen (secondary N) is 1. The van der Waals surface area contributed by atoms with Crippen molar-refractivity contribution in [2.24, 2.45) is 0 Å². The largest absolute Gasteiger partial charge is 0.468 e. The van der Waals surface area contributed by atoms with E-state index in [4.69, 9.17) is 4.74 Å². The number of carbonyl (C=O) groups excluding carboxylic acids is 1. The third kappa shape index (κ3) is 1.49. The molecule has 0 saturated carbocycles. The first-order chi connectivity index (χ1) is 8.64. The molecule has 0 aromatic heterocycles. The van der Waals surface area contributed by atoms with Crippen LogP contribution in [0.4, 0.5) is 4.79 Å². The van der Waals surface area contributed by atoms with Gasteiger partial charge in [0.2, 0.25) is 0 Å². The SMILES string of the molecule is C=CCN1C(=O)NC2CC1(C)Oc1ccccc12. The highest BCUT2D eigenvalue weighted by atomic mass is 16.5. The number of hydrogen-bond donors (Lipinski definition) is 1. The number of nitrogens with zero attached hydrogens (tertiary/aromatic N) is 1. The first-order valence-electron chi connectivity index (χ1n) is 6.11. The van der Waals surface area contributed by atoms with Crippen LogP contribution in [0.5, 0.6) is 5.75 Å². The Morgan fingerprint density at radius 1 is 1.61 bits per heavy atom. The number of ether oxygens (including phenoxy) is 1. The third-order valence-electron chi connectivity index (χ3n) is 3.63. The Bertz CT molecular complexity index is 514. The lowest BCUT2D eigenvalue weighted by molar-refractivity contribution is -0.0788. The van der Waals surface area contributed by atoms with Gasteiger partial charge in [-0.3, -0.25) is 4.90 Å². The van der Waals surface area contributed by atoms with E-state index in [1.54, 1.807) is 11.0 Å². The van der Waals surface area contributed by atoms with Gasteiger partial charge in [0.05, 0.1) is 6.04 Å². The Balaban J connectivity index is 2.04. The molecule has 18 heavy (non-hydrogen) atoms. The Morgan fingerprint density at radius 2 is 2.39 bits per heavy atom. The van der Waals surface area contributed by atoms with Crippen LogP contribution < -0.4 is 10.1 Å². The Morgan fingerprint density at radius 3 is 3.17 bits per heavy atom. The monoisotopic (exact) mass is 244 g/mol. The van der Waals surface area contributed by atoms with Crippen molar-refractivity contribution >= 4 is 6.03 Å². The lowest BCUT2D eigenvalue weighted by Gasteiger charge is -2.50. The molecule has 2 bridgehead atoms. The van der Waals surface area contributed by atoms with E-state index in [0.717, 1.165) is 17.7 Å². The van der Waals surface area contributed by atoms with Crippen LogP contribution in [0.25, 0.3) is 0 Å². The fourth-order valence-corrected chi connectivity index (χ4v) is 2.77. The van der Waals surface area contributed by atoms with Crippen molar-refractivity contribution in [2.75, 3.05) is 6.54 Å². The number of carbonyl (C=O) groups is 1. The maximum atomic E-state index is 12.1. The zero-order chi connectivity index (χ0) is 12.8. The number of rotatable bonds is 2. The predicted molar refractivity (Wildman–Crippen MR) is 68.3 cm³/mol. The maximum Gasteiger partial charge on any atom is 0.321 e. The fraction of sp³-hybridized carbons (Fsp3) is 0.357. The summed E-state index contributed by atoms with van der Waals surface area (Å²) >= 11 is 0. The number of hydrogen-bond acceptors (Lipinski definition) is 2. The van der Waals surface area contributed by atoms with Gasteiger partial charge in [-0.25, -0.2) is 4.79 Å². The molecule has 1 aromatic rings. The molecule has 2 unspecified atom stereocenters. The molecule has 1 saturated heterocycles. The smallest absolute Gasteiger partial charge is 0.321 e. The van der Waals surface area contributed by atoms with Crippen molar-refractivity contribution in [2.45, 2.75) is 25.1 Å². The molecule has 1 N–H and O–H groups in total. The van der Waals surface area contributed by atoms with Gasteiger partial charge in [-0.1, -0.05) is 24.3 Å². The number of amides is 2. The van der Waals surface area contributed by atoms with E-state index in [1.807, 2.05) is 31.2 Å². The molecule has 2 aliphatic heterocycles. The molecular formula is C14H16N2O2. The minimum absolute atomic E-state index is 0.0357. The predicted octanol–water partition coefficient (Wildman–Crippen LogP) is 2.44. The summed E-state index contributed by atoms with van der Waals surface area (Å²) in [5.74, 6) is 0.852. The summed E-state index contributed by atoms with van der Waals surface area (Å²) in [6, 6.07) is 7.80. The van der Waals surface area contributed by atoms with Crippen LogP contribution in [-0.4, -0.2) is 23.2 Å². The standard InChI is InChI=1S/C14H16N2O2/c1-3-8-16-13(17)15-11-9-14(16,2)18-12-7-5-4-6-10(11)12/h3-7,11H,1,8-9H2,2H3,(H,15,17). The second-order valence-electron chi connectivity index (χ2n) is 4.92.